The van der Waals surface area contributed by atoms with Gasteiger partial charge in [0.2, 0.25) is 0 Å². The number of rotatable bonds is 1. The number of carboxylic acids is 1. The molecule has 0 rings (SSSR count). The zero-order chi connectivity index (χ0) is 5.15. The monoisotopic (exact) mass is 176 g/mol. The molecule has 7 heavy (non-hydrogen) atoms. The molecule has 0 aromatic heterocycles. The first-order valence-electron chi connectivity index (χ1n) is 1.44. The second-order valence-corrected chi connectivity index (χ2v) is 0.926. The van der Waals surface area contributed by atoms with Crippen molar-refractivity contribution in [1.29, 1.82) is 0 Å². The maximum absolute atomic E-state index is 9.40. The van der Waals surface area contributed by atoms with E-state index in [9.17, 15) is 9.90 Å². The minimum atomic E-state index is -1.32. The number of aliphatic carboxylic acids is 1. The molecule has 0 bridgehead atoms. The summed E-state index contributed by atoms with van der Waals surface area (Å²) < 4.78 is 0. The standard InChI is InChI=1S/C3H6NO2.Y/c1-2(4)3(5)6;/h2H,1,4H2,(H,5,6);/q-1;/p-1. The van der Waals surface area contributed by atoms with Gasteiger partial charge in [0.15, 0.2) is 0 Å². The quantitative estimate of drug-likeness (QED) is 0.465. The molecule has 3 nitrogen and oxygen atoms in total. The fourth-order valence-electron chi connectivity index (χ4n) is 0. The average molecular weight is 176 g/mol. The van der Waals surface area contributed by atoms with Crippen LogP contribution >= 0.6 is 0 Å². The molecule has 0 saturated carbocycles. The second kappa shape index (κ2) is 4.69. The van der Waals surface area contributed by atoms with Crippen LogP contribution in [-0.2, 0) is 37.5 Å². The van der Waals surface area contributed by atoms with Crippen LogP contribution in [0.4, 0.5) is 0 Å². The Morgan fingerprint density at radius 2 is 2.00 bits per heavy atom. The van der Waals surface area contributed by atoms with Crippen molar-refractivity contribution < 1.29 is 42.6 Å². The number of carbonyl (C=O) groups excluding carboxylic acids is 1. The number of nitrogens with two attached hydrogens (primary N) is 1. The van der Waals surface area contributed by atoms with Crippen LogP contribution in [0.1, 0.15) is 0 Å². The molecule has 0 aliphatic rings. The Balaban J connectivity index is 0. The molecular weight excluding hydrogens is 171 g/mol. The van der Waals surface area contributed by atoms with Crippen molar-refractivity contribution in [3.8, 4) is 0 Å². The molecule has 0 spiro atoms. The van der Waals surface area contributed by atoms with E-state index in [1.165, 1.54) is 0 Å². The van der Waals surface area contributed by atoms with Gasteiger partial charge in [-0.1, -0.05) is 6.04 Å². The molecule has 0 fully saturated rings. The van der Waals surface area contributed by atoms with Crippen LogP contribution in [0.2, 0.25) is 0 Å². The van der Waals surface area contributed by atoms with Crippen molar-refractivity contribution in [3.63, 3.8) is 0 Å². The predicted octanol–water partition coefficient (Wildman–Crippen LogP) is -2.10. The SMILES string of the molecule is [CH2-]C(N)C(=O)[O-].[Y]. The van der Waals surface area contributed by atoms with Crippen LogP contribution in [-0.4, -0.2) is 12.0 Å². The fourth-order valence-corrected chi connectivity index (χ4v) is 0. The molecule has 1 radical (unpaired) electrons. The van der Waals surface area contributed by atoms with Crippen molar-refractivity contribution in [3.05, 3.63) is 6.92 Å². The van der Waals surface area contributed by atoms with E-state index in [4.69, 9.17) is 0 Å². The Morgan fingerprint density at radius 3 is 2.00 bits per heavy atom. The van der Waals surface area contributed by atoms with E-state index < -0.39 is 12.0 Å². The van der Waals surface area contributed by atoms with Crippen molar-refractivity contribution in [2.75, 3.05) is 0 Å². The first-order chi connectivity index (χ1) is 2.64. The number of hydrogen-bond donors (Lipinski definition) is 1. The maximum Gasteiger partial charge on any atom is 0.0274 e. The molecule has 0 aromatic carbocycles. The third-order valence-electron chi connectivity index (χ3n) is 0.303. The van der Waals surface area contributed by atoms with Gasteiger partial charge < -0.3 is 22.6 Å². The van der Waals surface area contributed by atoms with Crippen molar-refractivity contribution >= 4 is 5.97 Å². The molecule has 0 amide bonds. The Hall–Kier alpha value is 0.534. The average Bonchev–Trinajstić information content (AvgIpc) is 1.36. The Labute approximate surface area is 67.1 Å². The summed E-state index contributed by atoms with van der Waals surface area (Å²) in [6, 6.07) is -1.09. The van der Waals surface area contributed by atoms with Gasteiger partial charge >= 0.3 is 0 Å². The molecule has 0 heterocycles. The topological polar surface area (TPSA) is 66.2 Å². The van der Waals surface area contributed by atoms with Crippen molar-refractivity contribution in [2.24, 2.45) is 5.73 Å². The zero-order valence-electron chi connectivity index (χ0n) is 3.76. The summed E-state index contributed by atoms with van der Waals surface area (Å²) in [5.41, 5.74) is 4.66. The molecule has 1 atom stereocenters. The molecular formula is C3H5NO2Y-2. The Bertz CT molecular complexity index is 64.0. The van der Waals surface area contributed by atoms with Crippen LogP contribution in [0.15, 0.2) is 0 Å². The molecule has 0 saturated heterocycles. The summed E-state index contributed by atoms with van der Waals surface area (Å²) in [5, 5.41) is 9.40. The van der Waals surface area contributed by atoms with Gasteiger partial charge in [-0.3, -0.25) is 0 Å². The minimum absolute atomic E-state index is 0. The maximum atomic E-state index is 9.40. The van der Waals surface area contributed by atoms with Crippen LogP contribution in [0.3, 0.4) is 0 Å². The van der Waals surface area contributed by atoms with E-state index in [0.717, 1.165) is 0 Å². The van der Waals surface area contributed by atoms with Gasteiger partial charge in [-0.25, -0.2) is 0 Å². The van der Waals surface area contributed by atoms with E-state index in [2.05, 4.69) is 12.7 Å². The zero-order valence-corrected chi connectivity index (χ0v) is 6.59. The molecule has 0 aromatic rings. The van der Waals surface area contributed by atoms with Gasteiger partial charge in [0, 0.05) is 38.7 Å². The summed E-state index contributed by atoms with van der Waals surface area (Å²) in [6.07, 6.45) is 0. The third-order valence-corrected chi connectivity index (χ3v) is 0.303. The van der Waals surface area contributed by atoms with Crippen LogP contribution < -0.4 is 10.8 Å². The first kappa shape index (κ1) is 10.5. The van der Waals surface area contributed by atoms with Crippen LogP contribution in [0.5, 0.6) is 0 Å². The van der Waals surface area contributed by atoms with Crippen molar-refractivity contribution in [1.82, 2.24) is 0 Å². The van der Waals surface area contributed by atoms with E-state index in [-0.39, 0.29) is 32.7 Å². The molecule has 0 aliphatic heterocycles. The fraction of sp³-hybridized carbons (Fsp3) is 0.333. The van der Waals surface area contributed by atoms with Gasteiger partial charge in [-0.15, -0.1) is 0 Å². The second-order valence-electron chi connectivity index (χ2n) is 0.926. The summed E-state index contributed by atoms with van der Waals surface area (Å²) in [7, 11) is 0. The third kappa shape index (κ3) is 6.53. The van der Waals surface area contributed by atoms with Gasteiger partial charge in [-0.2, -0.15) is 0 Å². The number of hydrogen-bond acceptors (Lipinski definition) is 3. The van der Waals surface area contributed by atoms with Gasteiger partial charge in [0.05, 0.1) is 0 Å². The number of carbonyl (C=O) groups is 1. The van der Waals surface area contributed by atoms with Crippen molar-refractivity contribution in [2.45, 2.75) is 6.04 Å². The largest absolute Gasteiger partial charge is 0.551 e. The summed E-state index contributed by atoms with van der Waals surface area (Å²) in [5.74, 6) is -1.32. The van der Waals surface area contributed by atoms with Gasteiger partial charge in [0.1, 0.15) is 0 Å². The Morgan fingerprint density at radius 1 is 1.86 bits per heavy atom. The molecule has 39 valence electrons. The molecule has 2 N–H and O–H groups in total. The predicted molar refractivity (Wildman–Crippen MR) is 18.3 cm³/mol. The summed E-state index contributed by atoms with van der Waals surface area (Å²) >= 11 is 0. The van der Waals surface area contributed by atoms with E-state index in [0.29, 0.717) is 0 Å². The molecule has 1 unspecified atom stereocenters. The van der Waals surface area contributed by atoms with Crippen LogP contribution in [0, 0.1) is 6.92 Å². The van der Waals surface area contributed by atoms with E-state index in [1.54, 1.807) is 0 Å². The smallest absolute Gasteiger partial charge is 0.0274 e. The first-order valence-corrected chi connectivity index (χ1v) is 1.44. The number of carboxylic acid groups (broad SMARTS) is 1. The minimum Gasteiger partial charge on any atom is -0.551 e. The normalized spacial score (nSPS) is 11.7. The summed E-state index contributed by atoms with van der Waals surface area (Å²) in [4.78, 5) is 9.40. The van der Waals surface area contributed by atoms with E-state index in [1.807, 2.05) is 0 Å². The van der Waals surface area contributed by atoms with E-state index >= 15 is 0 Å². The van der Waals surface area contributed by atoms with Crippen LogP contribution in [0.25, 0.3) is 0 Å². The molecule has 0 aliphatic carbocycles. The molecule has 4 heteroatoms. The Kier molecular flexibility index (Phi) is 7.03. The van der Waals surface area contributed by atoms with Gasteiger partial charge in [-0.05, 0) is 0 Å². The summed E-state index contributed by atoms with van der Waals surface area (Å²) in [6.45, 7) is 2.95. The van der Waals surface area contributed by atoms with Gasteiger partial charge in [0.25, 0.3) is 0 Å².